The molecule has 2 aromatic rings. The summed E-state index contributed by atoms with van der Waals surface area (Å²) in [6.07, 6.45) is 0.300. The number of benzene rings is 1. The standard InChI is InChI=1S/C22H32N4O4S/c1-14(10-21-17(4)24-25(6)18(21)5)23-22(27)19-8-7-9-20(11-19)31(28,29)26-12-15(2)30-16(3)13-26/h7-9,11,14-16H,10,12-13H2,1-6H3,(H,23,27). The van der Waals surface area contributed by atoms with Gasteiger partial charge in [0.2, 0.25) is 10.0 Å². The lowest BCUT2D eigenvalue weighted by atomic mass is 10.0. The molecule has 0 saturated carbocycles. The SMILES string of the molecule is Cc1nn(C)c(C)c1CC(C)NC(=O)c1cccc(S(=O)(=O)N2CC(C)OC(C)C2)c1. The molecule has 1 aliphatic heterocycles. The van der Waals surface area contributed by atoms with Gasteiger partial charge in [0.05, 0.1) is 22.8 Å². The number of nitrogens with one attached hydrogen (secondary N) is 1. The van der Waals surface area contributed by atoms with Gasteiger partial charge in [0.25, 0.3) is 5.91 Å². The molecule has 1 N–H and O–H groups in total. The van der Waals surface area contributed by atoms with Crippen LogP contribution in [0.5, 0.6) is 0 Å². The van der Waals surface area contributed by atoms with Crippen molar-refractivity contribution in [3.05, 3.63) is 46.8 Å². The van der Waals surface area contributed by atoms with Crippen LogP contribution in [0.1, 0.15) is 48.1 Å². The fraction of sp³-hybridized carbons (Fsp3) is 0.545. The minimum Gasteiger partial charge on any atom is -0.373 e. The normalized spacial score (nSPS) is 21.1. The van der Waals surface area contributed by atoms with E-state index in [4.69, 9.17) is 4.74 Å². The van der Waals surface area contributed by atoms with Crippen LogP contribution in [0.25, 0.3) is 0 Å². The monoisotopic (exact) mass is 448 g/mol. The molecule has 170 valence electrons. The zero-order chi connectivity index (χ0) is 22.9. The molecule has 9 heteroatoms. The zero-order valence-corrected chi connectivity index (χ0v) is 19.9. The van der Waals surface area contributed by atoms with Crippen molar-refractivity contribution in [2.24, 2.45) is 7.05 Å². The van der Waals surface area contributed by atoms with Crippen LogP contribution in [0.4, 0.5) is 0 Å². The first-order valence-corrected chi connectivity index (χ1v) is 12.0. The number of aromatic nitrogens is 2. The Morgan fingerprint density at radius 2 is 1.90 bits per heavy atom. The number of carbonyl (C=O) groups excluding carboxylic acids is 1. The molecule has 3 unspecified atom stereocenters. The van der Waals surface area contributed by atoms with Crippen LogP contribution in [0.2, 0.25) is 0 Å². The first-order valence-electron chi connectivity index (χ1n) is 10.5. The van der Waals surface area contributed by atoms with Gasteiger partial charge in [0.1, 0.15) is 0 Å². The minimum absolute atomic E-state index is 0.119. The molecule has 1 aromatic heterocycles. The topological polar surface area (TPSA) is 93.5 Å². The smallest absolute Gasteiger partial charge is 0.251 e. The molecule has 3 atom stereocenters. The van der Waals surface area contributed by atoms with Crippen LogP contribution in [0, 0.1) is 13.8 Å². The number of rotatable bonds is 6. The Morgan fingerprint density at radius 3 is 2.48 bits per heavy atom. The highest BCUT2D eigenvalue weighted by molar-refractivity contribution is 7.89. The summed E-state index contributed by atoms with van der Waals surface area (Å²) in [5.41, 5.74) is 3.45. The predicted molar refractivity (Wildman–Crippen MR) is 119 cm³/mol. The van der Waals surface area contributed by atoms with Gasteiger partial charge in [-0.15, -0.1) is 0 Å². The quantitative estimate of drug-likeness (QED) is 0.731. The number of hydrogen-bond donors (Lipinski definition) is 1. The van der Waals surface area contributed by atoms with E-state index in [1.807, 2.05) is 46.3 Å². The average molecular weight is 449 g/mol. The lowest BCUT2D eigenvalue weighted by Gasteiger charge is -2.34. The number of nitrogens with zero attached hydrogens (tertiary/aromatic N) is 3. The number of carbonyl (C=O) groups is 1. The van der Waals surface area contributed by atoms with Crippen molar-refractivity contribution in [2.75, 3.05) is 13.1 Å². The van der Waals surface area contributed by atoms with Gasteiger partial charge in [0.15, 0.2) is 0 Å². The third kappa shape index (κ3) is 5.16. The average Bonchev–Trinajstić information content (AvgIpc) is 2.93. The first kappa shape index (κ1) is 23.4. The summed E-state index contributed by atoms with van der Waals surface area (Å²) < 4.78 is 35.2. The second kappa shape index (κ2) is 9.10. The van der Waals surface area contributed by atoms with Crippen LogP contribution in [-0.2, 0) is 28.2 Å². The second-order valence-electron chi connectivity index (χ2n) is 8.46. The number of aryl methyl sites for hydroxylation is 2. The van der Waals surface area contributed by atoms with Gasteiger partial charge >= 0.3 is 0 Å². The molecular weight excluding hydrogens is 416 g/mol. The van der Waals surface area contributed by atoms with Gasteiger partial charge in [-0.1, -0.05) is 6.07 Å². The Bertz CT molecular complexity index is 1050. The Hall–Kier alpha value is -2.23. The lowest BCUT2D eigenvalue weighted by molar-refractivity contribution is -0.0440. The Balaban J connectivity index is 1.74. The molecule has 1 aromatic carbocycles. The highest BCUT2D eigenvalue weighted by atomic mass is 32.2. The maximum Gasteiger partial charge on any atom is 0.251 e. The van der Waals surface area contributed by atoms with Crippen molar-refractivity contribution in [1.29, 1.82) is 0 Å². The summed E-state index contributed by atoms with van der Waals surface area (Å²) in [5, 5.41) is 7.39. The lowest BCUT2D eigenvalue weighted by Crippen LogP contribution is -2.48. The van der Waals surface area contributed by atoms with E-state index in [0.29, 0.717) is 25.1 Å². The minimum atomic E-state index is -3.71. The van der Waals surface area contributed by atoms with Crippen LogP contribution in [0.15, 0.2) is 29.2 Å². The molecule has 3 rings (SSSR count). The Labute approximate surface area is 184 Å². The van der Waals surface area contributed by atoms with Gasteiger partial charge in [0, 0.05) is 37.4 Å². The van der Waals surface area contributed by atoms with Gasteiger partial charge in [-0.25, -0.2) is 8.42 Å². The van der Waals surface area contributed by atoms with E-state index < -0.39 is 10.0 Å². The Morgan fingerprint density at radius 1 is 1.26 bits per heavy atom. The number of sulfonamides is 1. The van der Waals surface area contributed by atoms with Crippen molar-refractivity contribution in [1.82, 2.24) is 19.4 Å². The molecule has 8 nitrogen and oxygen atoms in total. The third-order valence-electron chi connectivity index (χ3n) is 5.67. The molecule has 0 aliphatic carbocycles. The summed E-state index contributed by atoms with van der Waals surface area (Å²) in [6, 6.07) is 6.09. The van der Waals surface area contributed by atoms with E-state index in [0.717, 1.165) is 17.0 Å². The molecule has 1 fully saturated rings. The van der Waals surface area contributed by atoms with Crippen LogP contribution in [0.3, 0.4) is 0 Å². The van der Waals surface area contributed by atoms with Crippen molar-refractivity contribution in [2.45, 2.75) is 64.2 Å². The van der Waals surface area contributed by atoms with E-state index in [-0.39, 0.29) is 29.1 Å². The van der Waals surface area contributed by atoms with Gasteiger partial charge in [-0.05, 0) is 64.8 Å². The van der Waals surface area contributed by atoms with E-state index in [2.05, 4.69) is 10.4 Å². The number of hydrogen-bond acceptors (Lipinski definition) is 5. The van der Waals surface area contributed by atoms with Gasteiger partial charge < -0.3 is 10.1 Å². The molecule has 1 amide bonds. The molecule has 0 bridgehead atoms. The maximum atomic E-state index is 13.1. The molecular formula is C22H32N4O4S. The number of morpholine rings is 1. The highest BCUT2D eigenvalue weighted by Gasteiger charge is 2.32. The molecule has 0 radical (unpaired) electrons. The molecule has 1 saturated heterocycles. The zero-order valence-electron chi connectivity index (χ0n) is 19.0. The van der Waals surface area contributed by atoms with E-state index in [1.54, 1.807) is 12.1 Å². The summed E-state index contributed by atoms with van der Waals surface area (Å²) in [6.45, 7) is 10.2. The van der Waals surface area contributed by atoms with Crippen molar-refractivity contribution in [3.63, 3.8) is 0 Å². The third-order valence-corrected chi connectivity index (χ3v) is 7.49. The molecule has 2 heterocycles. The van der Waals surface area contributed by atoms with Crippen LogP contribution in [-0.4, -0.2) is 59.7 Å². The van der Waals surface area contributed by atoms with E-state index in [1.165, 1.54) is 16.4 Å². The summed E-state index contributed by atoms with van der Waals surface area (Å²) in [5.74, 6) is -0.299. The fourth-order valence-electron chi connectivity index (χ4n) is 4.05. The highest BCUT2D eigenvalue weighted by Crippen LogP contribution is 2.22. The molecule has 31 heavy (non-hydrogen) atoms. The molecule has 0 spiro atoms. The van der Waals surface area contributed by atoms with Crippen molar-refractivity contribution >= 4 is 15.9 Å². The Kier molecular flexibility index (Phi) is 6.88. The van der Waals surface area contributed by atoms with Gasteiger partial charge in [-0.2, -0.15) is 9.40 Å². The first-order chi connectivity index (χ1) is 14.5. The summed E-state index contributed by atoms with van der Waals surface area (Å²) in [4.78, 5) is 12.9. The van der Waals surface area contributed by atoms with E-state index in [9.17, 15) is 13.2 Å². The van der Waals surface area contributed by atoms with Crippen LogP contribution >= 0.6 is 0 Å². The van der Waals surface area contributed by atoms with Gasteiger partial charge in [-0.3, -0.25) is 9.48 Å². The summed E-state index contributed by atoms with van der Waals surface area (Å²) in [7, 11) is -1.81. The second-order valence-corrected chi connectivity index (χ2v) is 10.4. The van der Waals surface area contributed by atoms with E-state index >= 15 is 0 Å². The number of ether oxygens (including phenoxy) is 1. The maximum absolute atomic E-state index is 13.1. The number of amides is 1. The molecule has 1 aliphatic rings. The predicted octanol–water partition coefficient (Wildman–Crippen LogP) is 2.20. The fourth-order valence-corrected chi connectivity index (χ4v) is 5.69. The largest absolute Gasteiger partial charge is 0.373 e. The van der Waals surface area contributed by atoms with Crippen LogP contribution < -0.4 is 5.32 Å². The summed E-state index contributed by atoms with van der Waals surface area (Å²) >= 11 is 0. The van der Waals surface area contributed by atoms with Crippen molar-refractivity contribution < 1.29 is 17.9 Å². The van der Waals surface area contributed by atoms with Crippen molar-refractivity contribution in [3.8, 4) is 0 Å².